The van der Waals surface area contributed by atoms with E-state index in [-0.39, 0.29) is 5.41 Å². The predicted molar refractivity (Wildman–Crippen MR) is 52.8 cm³/mol. The van der Waals surface area contributed by atoms with Crippen molar-refractivity contribution in [3.05, 3.63) is 48.1 Å². The summed E-state index contributed by atoms with van der Waals surface area (Å²) in [6.07, 6.45) is 15.6. The minimum Gasteiger partial charge on any atom is -0.0776 e. The van der Waals surface area contributed by atoms with Crippen molar-refractivity contribution in [1.82, 2.24) is 0 Å². The number of rotatable bonds is 0. The third-order valence-corrected chi connectivity index (χ3v) is 2.57. The first kappa shape index (κ1) is 7.60. The highest BCUT2D eigenvalue weighted by atomic mass is 14.3. The normalized spacial score (nSPS) is 29.8. The highest BCUT2D eigenvalue weighted by molar-refractivity contribution is 5.40. The van der Waals surface area contributed by atoms with Gasteiger partial charge in [-0.15, -0.1) is 0 Å². The van der Waals surface area contributed by atoms with Gasteiger partial charge >= 0.3 is 0 Å². The SMILES string of the molecule is CC1(C)C=CC2C=CC=CC1=C2. The summed E-state index contributed by atoms with van der Waals surface area (Å²) in [5.74, 6) is 0.517. The number of hydrogen-bond acceptors (Lipinski definition) is 0. The highest BCUT2D eigenvalue weighted by Crippen LogP contribution is 2.35. The number of hydrogen-bond donors (Lipinski definition) is 0. The third-order valence-electron chi connectivity index (χ3n) is 2.57. The van der Waals surface area contributed by atoms with Crippen LogP contribution in [-0.4, -0.2) is 0 Å². The number of allylic oxidation sites excluding steroid dienone is 8. The molecule has 0 heteroatoms. The summed E-state index contributed by atoms with van der Waals surface area (Å²) in [7, 11) is 0. The molecule has 12 heavy (non-hydrogen) atoms. The smallest absolute Gasteiger partial charge is 0.0137 e. The van der Waals surface area contributed by atoms with E-state index in [4.69, 9.17) is 0 Å². The van der Waals surface area contributed by atoms with Crippen LogP contribution < -0.4 is 0 Å². The molecule has 0 N–H and O–H groups in total. The lowest BCUT2D eigenvalue weighted by atomic mass is 9.78. The van der Waals surface area contributed by atoms with Gasteiger partial charge in [-0.05, 0) is 5.57 Å². The summed E-state index contributed by atoms with van der Waals surface area (Å²) in [5, 5.41) is 0. The van der Waals surface area contributed by atoms with Crippen molar-refractivity contribution in [1.29, 1.82) is 0 Å². The lowest BCUT2D eigenvalue weighted by Crippen LogP contribution is -2.14. The molecule has 0 saturated heterocycles. The largest absolute Gasteiger partial charge is 0.0776 e. The van der Waals surface area contributed by atoms with Crippen molar-refractivity contribution in [2.75, 3.05) is 0 Å². The van der Waals surface area contributed by atoms with Gasteiger partial charge in [0.15, 0.2) is 0 Å². The minimum absolute atomic E-state index is 0.221. The Morgan fingerprint density at radius 3 is 2.83 bits per heavy atom. The van der Waals surface area contributed by atoms with Gasteiger partial charge in [0.1, 0.15) is 0 Å². The molecule has 2 rings (SSSR count). The molecule has 2 aliphatic rings. The molecule has 0 spiro atoms. The Bertz CT molecular complexity index is 298. The monoisotopic (exact) mass is 158 g/mol. The minimum atomic E-state index is 0.221. The van der Waals surface area contributed by atoms with Gasteiger partial charge in [0.25, 0.3) is 0 Å². The molecule has 2 bridgehead atoms. The van der Waals surface area contributed by atoms with Crippen LogP contribution in [0.4, 0.5) is 0 Å². The summed E-state index contributed by atoms with van der Waals surface area (Å²) in [6, 6.07) is 0. The lowest BCUT2D eigenvalue weighted by molar-refractivity contribution is 0.576. The first-order chi connectivity index (χ1) is 5.68. The van der Waals surface area contributed by atoms with E-state index in [1.165, 1.54) is 5.57 Å². The van der Waals surface area contributed by atoms with Crippen LogP contribution >= 0.6 is 0 Å². The maximum atomic E-state index is 2.33. The van der Waals surface area contributed by atoms with Crippen LogP contribution in [0.15, 0.2) is 48.1 Å². The fraction of sp³-hybridized carbons (Fsp3) is 0.333. The fourth-order valence-electron chi connectivity index (χ4n) is 1.67. The molecule has 0 nitrogen and oxygen atoms in total. The van der Waals surface area contributed by atoms with Crippen LogP contribution in [0, 0.1) is 11.3 Å². The molecule has 1 atom stereocenters. The molecule has 0 amide bonds. The summed E-state index contributed by atoms with van der Waals surface area (Å²) >= 11 is 0. The average molecular weight is 158 g/mol. The molecule has 0 aliphatic heterocycles. The second-order valence-corrected chi connectivity index (χ2v) is 4.02. The van der Waals surface area contributed by atoms with Gasteiger partial charge in [0.2, 0.25) is 0 Å². The quantitative estimate of drug-likeness (QED) is 0.475. The van der Waals surface area contributed by atoms with E-state index >= 15 is 0 Å². The Hall–Kier alpha value is -1.04. The molecular weight excluding hydrogens is 144 g/mol. The second-order valence-electron chi connectivity index (χ2n) is 4.02. The van der Waals surface area contributed by atoms with E-state index in [1.54, 1.807) is 0 Å². The van der Waals surface area contributed by atoms with Crippen LogP contribution in [0.1, 0.15) is 13.8 Å². The molecule has 0 aromatic rings. The standard InChI is InChI=1S/C12H14/c1-12(2)8-7-10-5-3-4-6-11(12)9-10/h3-10H,1-2H3. The maximum Gasteiger partial charge on any atom is 0.0137 e. The zero-order valence-electron chi connectivity index (χ0n) is 7.62. The van der Waals surface area contributed by atoms with E-state index in [1.807, 2.05) is 0 Å². The molecule has 0 aromatic heterocycles. The Kier molecular flexibility index (Phi) is 1.57. The summed E-state index contributed by atoms with van der Waals surface area (Å²) < 4.78 is 0. The van der Waals surface area contributed by atoms with Crippen LogP contribution in [0.5, 0.6) is 0 Å². The number of fused-ring (bicyclic) bond motifs is 1. The molecule has 62 valence electrons. The lowest BCUT2D eigenvalue weighted by Gasteiger charge is -2.26. The van der Waals surface area contributed by atoms with E-state index in [2.05, 4.69) is 56.4 Å². The van der Waals surface area contributed by atoms with E-state index in [0.29, 0.717) is 5.92 Å². The van der Waals surface area contributed by atoms with Crippen molar-refractivity contribution < 1.29 is 0 Å². The van der Waals surface area contributed by atoms with Crippen molar-refractivity contribution in [3.8, 4) is 0 Å². The van der Waals surface area contributed by atoms with Crippen molar-refractivity contribution >= 4 is 0 Å². The van der Waals surface area contributed by atoms with Gasteiger partial charge < -0.3 is 0 Å². The van der Waals surface area contributed by atoms with Gasteiger partial charge in [-0.3, -0.25) is 0 Å². The molecule has 2 aliphatic carbocycles. The van der Waals surface area contributed by atoms with Crippen molar-refractivity contribution in [2.24, 2.45) is 11.3 Å². The summed E-state index contributed by atoms with van der Waals surface area (Å²) in [6.45, 7) is 4.50. The van der Waals surface area contributed by atoms with Crippen LogP contribution in [0.25, 0.3) is 0 Å². The fourth-order valence-corrected chi connectivity index (χ4v) is 1.67. The first-order valence-corrected chi connectivity index (χ1v) is 4.45. The van der Waals surface area contributed by atoms with Gasteiger partial charge in [-0.2, -0.15) is 0 Å². The molecular formula is C12H14. The molecule has 0 heterocycles. The van der Waals surface area contributed by atoms with Gasteiger partial charge in [-0.1, -0.05) is 56.4 Å². The van der Waals surface area contributed by atoms with Crippen LogP contribution in [-0.2, 0) is 0 Å². The zero-order valence-corrected chi connectivity index (χ0v) is 7.62. The summed E-state index contributed by atoms with van der Waals surface area (Å²) in [4.78, 5) is 0. The van der Waals surface area contributed by atoms with E-state index < -0.39 is 0 Å². The molecule has 0 radical (unpaired) electrons. The van der Waals surface area contributed by atoms with Gasteiger partial charge in [0, 0.05) is 11.3 Å². The topological polar surface area (TPSA) is 0 Å². The highest BCUT2D eigenvalue weighted by Gasteiger charge is 2.22. The molecule has 0 aromatic carbocycles. The Balaban J connectivity index is 2.43. The molecule has 0 saturated carbocycles. The van der Waals surface area contributed by atoms with E-state index in [9.17, 15) is 0 Å². The molecule has 1 unspecified atom stereocenters. The Morgan fingerprint density at radius 2 is 2.00 bits per heavy atom. The maximum absolute atomic E-state index is 2.33. The Morgan fingerprint density at radius 1 is 1.17 bits per heavy atom. The van der Waals surface area contributed by atoms with Crippen LogP contribution in [0.2, 0.25) is 0 Å². The summed E-state index contributed by atoms with van der Waals surface area (Å²) in [5.41, 5.74) is 1.65. The average Bonchev–Trinajstić information content (AvgIpc) is 2.22. The van der Waals surface area contributed by atoms with E-state index in [0.717, 1.165) is 0 Å². The van der Waals surface area contributed by atoms with Gasteiger partial charge in [0.05, 0.1) is 0 Å². The third kappa shape index (κ3) is 1.18. The molecule has 0 fully saturated rings. The van der Waals surface area contributed by atoms with Crippen LogP contribution in [0.3, 0.4) is 0 Å². The zero-order chi connectivity index (χ0) is 8.60. The van der Waals surface area contributed by atoms with Crippen molar-refractivity contribution in [2.45, 2.75) is 13.8 Å². The predicted octanol–water partition coefficient (Wildman–Crippen LogP) is 3.25. The van der Waals surface area contributed by atoms with Gasteiger partial charge in [-0.25, -0.2) is 0 Å². The van der Waals surface area contributed by atoms with Crippen molar-refractivity contribution in [3.63, 3.8) is 0 Å². The first-order valence-electron chi connectivity index (χ1n) is 4.45. The second kappa shape index (κ2) is 2.48. The Labute approximate surface area is 74.0 Å².